The van der Waals surface area contributed by atoms with Gasteiger partial charge in [0.15, 0.2) is 5.82 Å². The van der Waals surface area contributed by atoms with Crippen molar-refractivity contribution in [1.29, 1.82) is 5.26 Å². The lowest BCUT2D eigenvalue weighted by Crippen LogP contribution is -1.99. The van der Waals surface area contributed by atoms with Crippen LogP contribution in [0.2, 0.25) is 0 Å². The van der Waals surface area contributed by atoms with E-state index < -0.39 is 0 Å². The third kappa shape index (κ3) is 1.52. The molecule has 0 fully saturated rings. The number of aromatic hydroxyl groups is 1. The molecule has 0 amide bonds. The Morgan fingerprint density at radius 1 is 1.21 bits per heavy atom. The lowest BCUT2D eigenvalue weighted by atomic mass is 10.0. The topological polar surface area (TPSA) is 95.8 Å². The van der Waals surface area contributed by atoms with Crippen LogP contribution in [0.3, 0.4) is 0 Å². The van der Waals surface area contributed by atoms with Gasteiger partial charge in [0.2, 0.25) is 0 Å². The van der Waals surface area contributed by atoms with E-state index in [0.717, 1.165) is 5.39 Å². The molecule has 1 heterocycles. The van der Waals surface area contributed by atoms with Crippen LogP contribution in [0, 0.1) is 11.3 Å². The molecule has 0 bridgehead atoms. The molecule has 5 nitrogen and oxygen atoms in total. The Kier molecular flexibility index (Phi) is 2.50. The van der Waals surface area contributed by atoms with E-state index in [9.17, 15) is 10.4 Å². The second kappa shape index (κ2) is 4.07. The summed E-state index contributed by atoms with van der Waals surface area (Å²) in [7, 11) is 0. The monoisotopic (exact) mass is 314 g/mol. The molecule has 6 heteroatoms. The molecule has 0 atom stereocenters. The summed E-state index contributed by atoms with van der Waals surface area (Å²) < 4.78 is 0.402. The standard InChI is InChI=1S/C13H7BrN4O/c14-10-9-8(5-15)13(16)18-17-11(9)6-3-1-2-4-7(6)12(10)19/h1-4,19H,(H2,16,18). The highest BCUT2D eigenvalue weighted by atomic mass is 79.9. The first-order valence-corrected chi connectivity index (χ1v) is 6.19. The first-order valence-electron chi connectivity index (χ1n) is 5.40. The predicted molar refractivity (Wildman–Crippen MR) is 75.5 cm³/mol. The number of nitrogens with two attached hydrogens (primary N) is 1. The third-order valence-electron chi connectivity index (χ3n) is 2.98. The number of nitrogen functional groups attached to an aromatic ring is 1. The van der Waals surface area contributed by atoms with Crippen molar-refractivity contribution < 1.29 is 5.11 Å². The molecular weight excluding hydrogens is 308 g/mol. The predicted octanol–water partition coefficient (Wildman–Crippen LogP) is 2.70. The maximum Gasteiger partial charge on any atom is 0.164 e. The summed E-state index contributed by atoms with van der Waals surface area (Å²) in [6, 6.07) is 9.24. The summed E-state index contributed by atoms with van der Waals surface area (Å²) in [5.41, 5.74) is 6.40. The van der Waals surface area contributed by atoms with Crippen LogP contribution >= 0.6 is 15.9 Å². The van der Waals surface area contributed by atoms with Crippen LogP contribution in [-0.2, 0) is 0 Å². The van der Waals surface area contributed by atoms with Crippen molar-refractivity contribution in [3.63, 3.8) is 0 Å². The van der Waals surface area contributed by atoms with Crippen molar-refractivity contribution >= 4 is 43.4 Å². The fourth-order valence-electron chi connectivity index (χ4n) is 2.10. The summed E-state index contributed by atoms with van der Waals surface area (Å²) in [6.45, 7) is 0. The summed E-state index contributed by atoms with van der Waals surface area (Å²) in [5, 5.41) is 29.1. The molecule has 0 saturated heterocycles. The van der Waals surface area contributed by atoms with Crippen molar-refractivity contribution in [1.82, 2.24) is 10.2 Å². The van der Waals surface area contributed by atoms with E-state index in [2.05, 4.69) is 26.1 Å². The molecule has 19 heavy (non-hydrogen) atoms. The number of phenols is 1. The van der Waals surface area contributed by atoms with Gasteiger partial charge in [0.1, 0.15) is 22.9 Å². The average Bonchev–Trinajstić information content (AvgIpc) is 2.44. The van der Waals surface area contributed by atoms with Crippen LogP contribution in [0.15, 0.2) is 28.7 Å². The maximum atomic E-state index is 10.2. The van der Waals surface area contributed by atoms with Gasteiger partial charge in [0, 0.05) is 16.2 Å². The van der Waals surface area contributed by atoms with Gasteiger partial charge < -0.3 is 10.8 Å². The molecule has 0 saturated carbocycles. The average molecular weight is 315 g/mol. The van der Waals surface area contributed by atoms with Gasteiger partial charge >= 0.3 is 0 Å². The second-order valence-corrected chi connectivity index (χ2v) is 4.80. The number of hydrogen-bond donors (Lipinski definition) is 2. The summed E-state index contributed by atoms with van der Waals surface area (Å²) in [5.74, 6) is 0.109. The lowest BCUT2D eigenvalue weighted by Gasteiger charge is -2.10. The fraction of sp³-hybridized carbons (Fsp3) is 0. The number of phenolic OH excluding ortho intramolecular Hbond substituents is 1. The minimum absolute atomic E-state index is 0.0466. The molecule has 92 valence electrons. The van der Waals surface area contributed by atoms with Gasteiger partial charge in [0.25, 0.3) is 0 Å². The number of anilines is 1. The minimum atomic E-state index is 0.0466. The van der Waals surface area contributed by atoms with Crippen LogP contribution in [0.4, 0.5) is 5.82 Å². The molecule has 3 N–H and O–H groups in total. The molecule has 0 aliphatic heterocycles. The molecule has 3 aromatic rings. The molecular formula is C13H7BrN4O. The highest BCUT2D eigenvalue weighted by Gasteiger charge is 2.18. The number of benzene rings is 2. The molecule has 0 radical (unpaired) electrons. The number of halogens is 1. The lowest BCUT2D eigenvalue weighted by molar-refractivity contribution is 0.479. The minimum Gasteiger partial charge on any atom is -0.506 e. The Morgan fingerprint density at radius 2 is 1.89 bits per heavy atom. The molecule has 0 unspecified atom stereocenters. The van der Waals surface area contributed by atoms with Crippen molar-refractivity contribution in [3.8, 4) is 11.8 Å². The number of fused-ring (bicyclic) bond motifs is 3. The smallest absolute Gasteiger partial charge is 0.164 e. The summed E-state index contributed by atoms with van der Waals surface area (Å²) >= 11 is 3.30. The van der Waals surface area contributed by atoms with Crippen molar-refractivity contribution in [2.24, 2.45) is 0 Å². The molecule has 0 aliphatic rings. The van der Waals surface area contributed by atoms with Crippen molar-refractivity contribution in [3.05, 3.63) is 34.3 Å². The number of nitriles is 1. The molecule has 3 rings (SSSR count). The first kappa shape index (κ1) is 11.7. The molecule has 1 aromatic heterocycles. The number of nitrogens with zero attached hydrogens (tertiary/aromatic N) is 3. The third-order valence-corrected chi connectivity index (χ3v) is 3.75. The zero-order valence-electron chi connectivity index (χ0n) is 9.55. The number of rotatable bonds is 0. The summed E-state index contributed by atoms with van der Waals surface area (Å²) in [4.78, 5) is 0. The van der Waals surface area contributed by atoms with Gasteiger partial charge in [-0.25, -0.2) is 0 Å². The Labute approximate surface area is 116 Å². The largest absolute Gasteiger partial charge is 0.506 e. The second-order valence-electron chi connectivity index (χ2n) is 4.00. The van der Waals surface area contributed by atoms with Gasteiger partial charge in [-0.05, 0) is 15.9 Å². The Balaban J connectivity index is 2.70. The van der Waals surface area contributed by atoms with E-state index in [1.165, 1.54) is 0 Å². The normalized spacial score (nSPS) is 10.7. The SMILES string of the molecule is N#Cc1c(N)nnc2c1c(Br)c(O)c1ccccc12. The van der Waals surface area contributed by atoms with E-state index >= 15 is 0 Å². The number of aromatic nitrogens is 2. The highest BCUT2D eigenvalue weighted by molar-refractivity contribution is 9.10. The molecule has 2 aromatic carbocycles. The van der Waals surface area contributed by atoms with Crippen molar-refractivity contribution in [2.45, 2.75) is 0 Å². The first-order chi connectivity index (χ1) is 9.15. The quantitative estimate of drug-likeness (QED) is 0.622. The van der Waals surface area contributed by atoms with E-state index in [0.29, 0.717) is 20.8 Å². The van der Waals surface area contributed by atoms with Gasteiger partial charge in [-0.1, -0.05) is 24.3 Å². The Hall–Kier alpha value is -2.39. The number of hydrogen-bond acceptors (Lipinski definition) is 5. The zero-order valence-corrected chi connectivity index (χ0v) is 11.1. The fourth-order valence-corrected chi connectivity index (χ4v) is 2.70. The van der Waals surface area contributed by atoms with Crippen molar-refractivity contribution in [2.75, 3.05) is 5.73 Å². The van der Waals surface area contributed by atoms with Crippen LogP contribution in [-0.4, -0.2) is 15.3 Å². The maximum absolute atomic E-state index is 10.2. The van der Waals surface area contributed by atoms with Crippen LogP contribution < -0.4 is 5.73 Å². The van der Waals surface area contributed by atoms with Gasteiger partial charge in [-0.15, -0.1) is 10.2 Å². The van der Waals surface area contributed by atoms with E-state index in [1.807, 2.05) is 24.3 Å². The molecule has 0 aliphatic carbocycles. The Morgan fingerprint density at radius 3 is 2.58 bits per heavy atom. The Bertz CT molecular complexity index is 870. The van der Waals surface area contributed by atoms with Crippen LogP contribution in [0.5, 0.6) is 5.75 Å². The van der Waals surface area contributed by atoms with Crippen LogP contribution in [0.1, 0.15) is 5.56 Å². The van der Waals surface area contributed by atoms with Gasteiger partial charge in [-0.2, -0.15) is 5.26 Å². The van der Waals surface area contributed by atoms with Gasteiger partial charge in [-0.3, -0.25) is 0 Å². The summed E-state index contributed by atoms with van der Waals surface area (Å²) in [6.07, 6.45) is 0. The van der Waals surface area contributed by atoms with Gasteiger partial charge in [0.05, 0.1) is 4.47 Å². The van der Waals surface area contributed by atoms with E-state index in [1.54, 1.807) is 6.07 Å². The molecule has 0 spiro atoms. The zero-order chi connectivity index (χ0) is 13.6. The van der Waals surface area contributed by atoms with E-state index in [4.69, 9.17) is 5.73 Å². The van der Waals surface area contributed by atoms with Crippen LogP contribution in [0.25, 0.3) is 21.7 Å². The van der Waals surface area contributed by atoms with E-state index in [-0.39, 0.29) is 17.1 Å². The highest BCUT2D eigenvalue weighted by Crippen LogP contribution is 2.41.